The molecule has 0 aliphatic heterocycles. The molecule has 0 amide bonds. The minimum absolute atomic E-state index is 0. The van der Waals surface area contributed by atoms with E-state index in [0.29, 0.717) is 19.0 Å². The monoisotopic (exact) mass is 526 g/mol. The second-order valence-electron chi connectivity index (χ2n) is 6.57. The highest BCUT2D eigenvalue weighted by Gasteiger charge is 2.08. The highest BCUT2D eigenvalue weighted by atomic mass is 127. The third-order valence-electron chi connectivity index (χ3n) is 3.95. The maximum Gasteiger partial charge on any atom is 0.226 e. The zero-order valence-corrected chi connectivity index (χ0v) is 20.2. The second kappa shape index (κ2) is 11.1. The van der Waals surface area contributed by atoms with Gasteiger partial charge >= 0.3 is 0 Å². The van der Waals surface area contributed by atoms with Crippen LogP contribution in [0.15, 0.2) is 45.3 Å². The summed E-state index contributed by atoms with van der Waals surface area (Å²) in [5.74, 6) is 1.35. The Morgan fingerprint density at radius 1 is 1.14 bits per heavy atom. The van der Waals surface area contributed by atoms with Crippen LogP contribution in [0, 0.1) is 6.92 Å². The number of halogens is 1. The van der Waals surface area contributed by atoms with Gasteiger partial charge in [-0.05, 0) is 26.0 Å². The topological polar surface area (TPSA) is 78.6 Å². The number of rotatable bonds is 7. The van der Waals surface area contributed by atoms with Gasteiger partial charge in [0.1, 0.15) is 6.26 Å². The maximum atomic E-state index is 5.61. The predicted molar refractivity (Wildman–Crippen MR) is 130 cm³/mol. The number of aryl methyl sites for hydroxylation is 1. The van der Waals surface area contributed by atoms with Crippen molar-refractivity contribution >= 4 is 46.4 Å². The van der Waals surface area contributed by atoms with Crippen LogP contribution in [0.4, 0.5) is 5.13 Å². The number of aliphatic imine (C=N–C) groups is 1. The van der Waals surface area contributed by atoms with E-state index in [9.17, 15) is 0 Å². The standard InChI is InChI=1S/C20H26N6OS.HI/c1-5-21-19(23-11-17-13-28-20(25-17)26(3)4)22-10-16-12-27-18(24-16)15-8-6-14(2)7-9-15;/h6-9,12-13H,5,10-11H2,1-4H3,(H2,21,22,23);1H. The molecule has 0 aliphatic rings. The summed E-state index contributed by atoms with van der Waals surface area (Å²) in [5.41, 5.74) is 3.96. The summed E-state index contributed by atoms with van der Waals surface area (Å²) in [4.78, 5) is 15.7. The molecule has 2 heterocycles. The van der Waals surface area contributed by atoms with Crippen LogP contribution in [0.5, 0.6) is 0 Å². The molecule has 3 rings (SSSR count). The third-order valence-corrected chi connectivity index (χ3v) is 5.01. The first-order chi connectivity index (χ1) is 13.5. The molecule has 1 aromatic carbocycles. The Kier molecular flexibility index (Phi) is 8.90. The van der Waals surface area contributed by atoms with Gasteiger partial charge in [-0.3, -0.25) is 0 Å². The van der Waals surface area contributed by atoms with Gasteiger partial charge in [-0.25, -0.2) is 15.0 Å². The largest absolute Gasteiger partial charge is 0.444 e. The summed E-state index contributed by atoms with van der Waals surface area (Å²) in [6.07, 6.45) is 1.68. The first kappa shape index (κ1) is 23.1. The lowest BCUT2D eigenvalue weighted by atomic mass is 10.1. The summed E-state index contributed by atoms with van der Waals surface area (Å²) in [5, 5.41) is 9.55. The highest BCUT2D eigenvalue weighted by molar-refractivity contribution is 14.0. The van der Waals surface area contributed by atoms with Crippen molar-refractivity contribution in [3.05, 3.63) is 52.9 Å². The van der Waals surface area contributed by atoms with Crippen molar-refractivity contribution in [2.45, 2.75) is 26.9 Å². The van der Waals surface area contributed by atoms with E-state index in [1.165, 1.54) is 5.56 Å². The van der Waals surface area contributed by atoms with E-state index < -0.39 is 0 Å². The molecule has 0 saturated carbocycles. The van der Waals surface area contributed by atoms with Gasteiger partial charge in [0.05, 0.1) is 24.5 Å². The number of thiazole rings is 1. The van der Waals surface area contributed by atoms with E-state index >= 15 is 0 Å². The summed E-state index contributed by atoms with van der Waals surface area (Å²) >= 11 is 1.62. The Morgan fingerprint density at radius 3 is 2.55 bits per heavy atom. The van der Waals surface area contributed by atoms with Crippen molar-refractivity contribution in [2.75, 3.05) is 25.5 Å². The third kappa shape index (κ3) is 6.70. The number of nitrogens with zero attached hydrogens (tertiary/aromatic N) is 4. The lowest BCUT2D eigenvalue weighted by Gasteiger charge is -2.09. The summed E-state index contributed by atoms with van der Waals surface area (Å²) in [6, 6.07) is 8.13. The van der Waals surface area contributed by atoms with Crippen LogP contribution in [0.2, 0.25) is 0 Å². The van der Waals surface area contributed by atoms with Crippen LogP contribution in [0.25, 0.3) is 11.5 Å². The molecule has 0 bridgehead atoms. The number of anilines is 1. The molecule has 156 valence electrons. The Morgan fingerprint density at radius 2 is 1.90 bits per heavy atom. The van der Waals surface area contributed by atoms with E-state index in [1.807, 2.05) is 55.6 Å². The van der Waals surface area contributed by atoms with Crippen molar-refractivity contribution in [1.29, 1.82) is 0 Å². The number of aromatic nitrogens is 2. The van der Waals surface area contributed by atoms with Crippen LogP contribution in [0.3, 0.4) is 0 Å². The Labute approximate surface area is 192 Å². The van der Waals surface area contributed by atoms with Crippen LogP contribution in [-0.2, 0) is 13.1 Å². The molecule has 2 aromatic heterocycles. The van der Waals surface area contributed by atoms with Gasteiger partial charge in [-0.15, -0.1) is 35.3 Å². The Bertz CT molecular complexity index is 919. The molecule has 0 unspecified atom stereocenters. The van der Waals surface area contributed by atoms with E-state index in [0.717, 1.165) is 34.6 Å². The van der Waals surface area contributed by atoms with Gasteiger partial charge in [-0.2, -0.15) is 0 Å². The van der Waals surface area contributed by atoms with Gasteiger partial charge in [0.25, 0.3) is 0 Å². The molecular formula is C20H27IN6OS. The SMILES string of the molecule is CCNC(=NCc1csc(N(C)C)n1)NCc1coc(-c2ccc(C)cc2)n1.I. The number of oxazole rings is 1. The quantitative estimate of drug-likeness (QED) is 0.275. The fourth-order valence-electron chi connectivity index (χ4n) is 2.47. The fourth-order valence-corrected chi connectivity index (χ4v) is 3.22. The Hall–Kier alpha value is -2.14. The molecule has 0 fully saturated rings. The molecular weight excluding hydrogens is 499 g/mol. The van der Waals surface area contributed by atoms with Gasteiger partial charge in [0.15, 0.2) is 11.1 Å². The molecule has 0 radical (unpaired) electrons. The first-order valence-electron chi connectivity index (χ1n) is 9.20. The second-order valence-corrected chi connectivity index (χ2v) is 7.41. The van der Waals surface area contributed by atoms with Crippen molar-refractivity contribution in [3.63, 3.8) is 0 Å². The molecule has 2 N–H and O–H groups in total. The normalized spacial score (nSPS) is 11.1. The maximum absolute atomic E-state index is 5.61. The minimum Gasteiger partial charge on any atom is -0.444 e. The molecule has 0 spiro atoms. The van der Waals surface area contributed by atoms with E-state index in [-0.39, 0.29) is 24.0 Å². The lowest BCUT2D eigenvalue weighted by molar-refractivity contribution is 0.572. The smallest absolute Gasteiger partial charge is 0.226 e. The first-order valence-corrected chi connectivity index (χ1v) is 10.1. The predicted octanol–water partition coefficient (Wildman–Crippen LogP) is 4.05. The molecule has 0 aliphatic carbocycles. The number of guanidine groups is 1. The number of hydrogen-bond donors (Lipinski definition) is 2. The Balaban J connectivity index is 0.00000300. The average Bonchev–Trinajstić information content (AvgIpc) is 3.34. The number of nitrogens with one attached hydrogen (secondary N) is 2. The molecule has 9 heteroatoms. The van der Waals surface area contributed by atoms with Gasteiger partial charge < -0.3 is 20.0 Å². The van der Waals surface area contributed by atoms with Crippen molar-refractivity contribution in [1.82, 2.24) is 20.6 Å². The van der Waals surface area contributed by atoms with E-state index in [1.54, 1.807) is 17.6 Å². The molecule has 0 atom stereocenters. The summed E-state index contributed by atoms with van der Waals surface area (Å²) in [7, 11) is 3.97. The van der Waals surface area contributed by atoms with E-state index in [4.69, 9.17) is 4.42 Å². The zero-order valence-electron chi connectivity index (χ0n) is 17.1. The summed E-state index contributed by atoms with van der Waals surface area (Å²) < 4.78 is 5.61. The van der Waals surface area contributed by atoms with Gasteiger partial charge in [0.2, 0.25) is 5.89 Å². The van der Waals surface area contributed by atoms with E-state index in [2.05, 4.69) is 32.5 Å². The van der Waals surface area contributed by atoms with Crippen molar-refractivity contribution in [2.24, 2.45) is 4.99 Å². The number of hydrogen-bond acceptors (Lipinski definition) is 6. The van der Waals surface area contributed by atoms with Crippen LogP contribution < -0.4 is 15.5 Å². The highest BCUT2D eigenvalue weighted by Crippen LogP contribution is 2.19. The van der Waals surface area contributed by atoms with Crippen LogP contribution in [-0.4, -0.2) is 36.6 Å². The molecule has 7 nitrogen and oxygen atoms in total. The van der Waals surface area contributed by atoms with Crippen molar-refractivity contribution in [3.8, 4) is 11.5 Å². The van der Waals surface area contributed by atoms with Gasteiger partial charge in [0, 0.05) is 31.6 Å². The zero-order chi connectivity index (χ0) is 19.9. The van der Waals surface area contributed by atoms with Gasteiger partial charge in [-0.1, -0.05) is 17.7 Å². The summed E-state index contributed by atoms with van der Waals surface area (Å²) in [6.45, 7) is 5.92. The number of benzene rings is 1. The molecule has 29 heavy (non-hydrogen) atoms. The molecule has 3 aromatic rings. The van der Waals surface area contributed by atoms with Crippen LogP contribution >= 0.6 is 35.3 Å². The average molecular weight is 526 g/mol. The molecule has 0 saturated heterocycles. The fraction of sp³-hybridized carbons (Fsp3) is 0.350. The van der Waals surface area contributed by atoms with Crippen LogP contribution in [0.1, 0.15) is 23.9 Å². The lowest BCUT2D eigenvalue weighted by Crippen LogP contribution is -2.36. The van der Waals surface area contributed by atoms with Crippen molar-refractivity contribution < 1.29 is 4.42 Å². The minimum atomic E-state index is 0.